The van der Waals surface area contributed by atoms with E-state index in [-0.39, 0.29) is 12.4 Å². The summed E-state index contributed by atoms with van der Waals surface area (Å²) in [5, 5.41) is 11.7. The van der Waals surface area contributed by atoms with Crippen molar-refractivity contribution in [3.8, 4) is 11.4 Å². The molecule has 1 aromatic carbocycles. The Hall–Kier alpha value is -1.62. The lowest BCUT2D eigenvalue weighted by Crippen LogP contribution is -1.93. The molecule has 2 aromatic rings. The number of para-hydroxylation sites is 1. The van der Waals surface area contributed by atoms with Gasteiger partial charge >= 0.3 is 0 Å². The van der Waals surface area contributed by atoms with Crippen LogP contribution in [0.4, 0.5) is 5.69 Å². The zero-order valence-electron chi connectivity index (χ0n) is 7.58. The van der Waals surface area contributed by atoms with Crippen molar-refractivity contribution in [1.82, 2.24) is 20.2 Å². The average Bonchev–Trinajstić information content (AvgIpc) is 2.53. The van der Waals surface area contributed by atoms with Crippen LogP contribution in [0.5, 0.6) is 0 Å². The van der Waals surface area contributed by atoms with Gasteiger partial charge in [-0.05, 0) is 17.3 Å². The molecule has 0 aliphatic carbocycles. The van der Waals surface area contributed by atoms with Crippen LogP contribution in [0.3, 0.4) is 0 Å². The molecule has 0 aliphatic rings. The Morgan fingerprint density at radius 2 is 2.00 bits per heavy atom. The van der Waals surface area contributed by atoms with Crippen molar-refractivity contribution in [1.29, 1.82) is 0 Å². The SMILES string of the molecule is Cl.Cn1nnc(-c2ccccc2N)n1. The Bertz CT molecular complexity index is 425. The van der Waals surface area contributed by atoms with Gasteiger partial charge in [0.25, 0.3) is 0 Å². The third-order valence-electron chi connectivity index (χ3n) is 1.71. The molecule has 74 valence electrons. The molecule has 0 saturated heterocycles. The van der Waals surface area contributed by atoms with Crippen LogP contribution in [0.1, 0.15) is 0 Å². The van der Waals surface area contributed by atoms with Crippen molar-refractivity contribution >= 4 is 18.1 Å². The highest BCUT2D eigenvalue weighted by atomic mass is 35.5. The summed E-state index contributed by atoms with van der Waals surface area (Å²) in [5.74, 6) is 0.556. The van der Waals surface area contributed by atoms with Gasteiger partial charge < -0.3 is 5.73 Å². The summed E-state index contributed by atoms with van der Waals surface area (Å²) >= 11 is 0. The Balaban J connectivity index is 0.000000980. The van der Waals surface area contributed by atoms with Crippen molar-refractivity contribution in [3.63, 3.8) is 0 Å². The number of rotatable bonds is 1. The molecule has 1 heterocycles. The van der Waals surface area contributed by atoms with Crippen LogP contribution < -0.4 is 5.73 Å². The highest BCUT2D eigenvalue weighted by Crippen LogP contribution is 2.20. The molecule has 0 unspecified atom stereocenters. The van der Waals surface area contributed by atoms with Crippen LogP contribution in [0.15, 0.2) is 24.3 Å². The van der Waals surface area contributed by atoms with E-state index in [9.17, 15) is 0 Å². The summed E-state index contributed by atoms with van der Waals surface area (Å²) in [4.78, 5) is 1.40. The molecule has 0 saturated carbocycles. The number of halogens is 1. The standard InChI is InChI=1S/C8H9N5.ClH/c1-13-11-8(10-12-13)6-4-2-3-5-7(6)9;/h2-5H,9H2,1H3;1H. The van der Waals surface area contributed by atoms with Gasteiger partial charge in [-0.1, -0.05) is 12.1 Å². The topological polar surface area (TPSA) is 69.6 Å². The van der Waals surface area contributed by atoms with E-state index in [4.69, 9.17) is 5.73 Å². The van der Waals surface area contributed by atoms with Crippen LogP contribution >= 0.6 is 12.4 Å². The molecule has 0 aliphatic heterocycles. The lowest BCUT2D eigenvalue weighted by atomic mass is 10.2. The fourth-order valence-corrected chi connectivity index (χ4v) is 1.09. The fraction of sp³-hybridized carbons (Fsp3) is 0.125. The van der Waals surface area contributed by atoms with Gasteiger partial charge in [0, 0.05) is 11.3 Å². The predicted molar refractivity (Wildman–Crippen MR) is 55.9 cm³/mol. The van der Waals surface area contributed by atoms with Crippen LogP contribution in [-0.4, -0.2) is 20.2 Å². The van der Waals surface area contributed by atoms with E-state index >= 15 is 0 Å². The first-order chi connectivity index (χ1) is 6.27. The summed E-state index contributed by atoms with van der Waals surface area (Å²) in [6.45, 7) is 0. The van der Waals surface area contributed by atoms with Crippen molar-refractivity contribution in [2.45, 2.75) is 0 Å². The monoisotopic (exact) mass is 211 g/mol. The number of nitrogens with zero attached hydrogens (tertiary/aromatic N) is 4. The minimum absolute atomic E-state index is 0. The van der Waals surface area contributed by atoms with Crippen molar-refractivity contribution in [2.24, 2.45) is 7.05 Å². The first-order valence-corrected chi connectivity index (χ1v) is 3.86. The van der Waals surface area contributed by atoms with Gasteiger partial charge in [0.05, 0.1) is 7.05 Å². The van der Waals surface area contributed by atoms with Crippen LogP contribution in [-0.2, 0) is 7.05 Å². The summed E-state index contributed by atoms with van der Waals surface area (Å²) in [6.07, 6.45) is 0. The average molecular weight is 212 g/mol. The fourth-order valence-electron chi connectivity index (χ4n) is 1.09. The Morgan fingerprint density at radius 1 is 1.29 bits per heavy atom. The Labute approximate surface area is 87.3 Å². The van der Waals surface area contributed by atoms with Crippen LogP contribution in [0.25, 0.3) is 11.4 Å². The molecule has 0 spiro atoms. The number of aromatic nitrogens is 4. The summed E-state index contributed by atoms with van der Waals surface area (Å²) in [5.41, 5.74) is 7.22. The highest BCUT2D eigenvalue weighted by molar-refractivity contribution is 5.85. The molecule has 1 aromatic heterocycles. The molecule has 5 nitrogen and oxygen atoms in total. The van der Waals surface area contributed by atoms with E-state index in [0.29, 0.717) is 11.5 Å². The molecule has 2 N–H and O–H groups in total. The van der Waals surface area contributed by atoms with E-state index in [1.807, 2.05) is 24.3 Å². The second-order valence-electron chi connectivity index (χ2n) is 2.69. The number of hydrogen-bond acceptors (Lipinski definition) is 4. The van der Waals surface area contributed by atoms with Crippen molar-refractivity contribution in [2.75, 3.05) is 5.73 Å². The highest BCUT2D eigenvalue weighted by Gasteiger charge is 2.06. The van der Waals surface area contributed by atoms with Crippen LogP contribution in [0, 0.1) is 0 Å². The van der Waals surface area contributed by atoms with Crippen LogP contribution in [0.2, 0.25) is 0 Å². The van der Waals surface area contributed by atoms with Gasteiger partial charge in [0.1, 0.15) is 0 Å². The number of benzene rings is 1. The molecular weight excluding hydrogens is 202 g/mol. The molecule has 14 heavy (non-hydrogen) atoms. The third-order valence-corrected chi connectivity index (χ3v) is 1.71. The number of tetrazole rings is 1. The third kappa shape index (κ3) is 1.82. The number of hydrogen-bond donors (Lipinski definition) is 1. The summed E-state index contributed by atoms with van der Waals surface area (Å²) in [6, 6.07) is 7.44. The largest absolute Gasteiger partial charge is 0.398 e. The van der Waals surface area contributed by atoms with E-state index in [1.165, 1.54) is 4.80 Å². The van der Waals surface area contributed by atoms with E-state index in [1.54, 1.807) is 7.05 Å². The van der Waals surface area contributed by atoms with Gasteiger partial charge in [0.15, 0.2) is 0 Å². The zero-order chi connectivity index (χ0) is 9.26. The quantitative estimate of drug-likeness (QED) is 0.711. The van der Waals surface area contributed by atoms with E-state index < -0.39 is 0 Å². The number of anilines is 1. The summed E-state index contributed by atoms with van der Waals surface area (Å²) in [7, 11) is 1.72. The normalized spacial score (nSPS) is 9.50. The molecule has 0 amide bonds. The van der Waals surface area contributed by atoms with Gasteiger partial charge in [-0.3, -0.25) is 0 Å². The molecule has 0 fully saturated rings. The first-order valence-electron chi connectivity index (χ1n) is 3.86. The first kappa shape index (κ1) is 10.5. The minimum Gasteiger partial charge on any atom is -0.398 e. The molecule has 0 bridgehead atoms. The Morgan fingerprint density at radius 3 is 2.57 bits per heavy atom. The maximum atomic E-state index is 5.74. The second-order valence-corrected chi connectivity index (χ2v) is 2.69. The van der Waals surface area contributed by atoms with Gasteiger partial charge in [0.2, 0.25) is 5.82 Å². The van der Waals surface area contributed by atoms with E-state index in [0.717, 1.165) is 5.56 Å². The lowest BCUT2D eigenvalue weighted by molar-refractivity contribution is 0.630. The lowest BCUT2D eigenvalue weighted by Gasteiger charge is -1.97. The smallest absolute Gasteiger partial charge is 0.206 e. The predicted octanol–water partition coefficient (Wildman–Crippen LogP) is 0.881. The molecule has 0 atom stereocenters. The zero-order valence-corrected chi connectivity index (χ0v) is 8.40. The van der Waals surface area contributed by atoms with E-state index in [2.05, 4.69) is 15.4 Å². The molecule has 0 radical (unpaired) electrons. The summed E-state index contributed by atoms with van der Waals surface area (Å²) < 4.78 is 0. The minimum atomic E-state index is 0. The maximum absolute atomic E-state index is 5.74. The van der Waals surface area contributed by atoms with Crippen molar-refractivity contribution < 1.29 is 0 Å². The van der Waals surface area contributed by atoms with Gasteiger partial charge in [-0.15, -0.1) is 22.6 Å². The molecular formula is C8H10ClN5. The molecule has 6 heteroatoms. The maximum Gasteiger partial charge on any atom is 0.206 e. The van der Waals surface area contributed by atoms with Gasteiger partial charge in [-0.25, -0.2) is 0 Å². The van der Waals surface area contributed by atoms with Gasteiger partial charge in [-0.2, -0.15) is 4.80 Å². The number of nitrogens with two attached hydrogens (primary N) is 1. The number of nitrogen functional groups attached to an aromatic ring is 1. The second kappa shape index (κ2) is 4.06. The van der Waals surface area contributed by atoms with Crippen molar-refractivity contribution in [3.05, 3.63) is 24.3 Å². The molecule has 2 rings (SSSR count). The Kier molecular flexibility index (Phi) is 3.03. The number of aryl methyl sites for hydroxylation is 1.